The minimum atomic E-state index is -0.0845. The highest BCUT2D eigenvalue weighted by Crippen LogP contribution is 2.48. The van der Waals surface area contributed by atoms with Crippen molar-refractivity contribution in [3.63, 3.8) is 0 Å². The fraction of sp³-hybridized carbons (Fsp3) is 0.410. The summed E-state index contributed by atoms with van der Waals surface area (Å²) >= 11 is 0. The Balaban J connectivity index is 2.07. The van der Waals surface area contributed by atoms with Gasteiger partial charge in [0.1, 0.15) is 0 Å². The van der Waals surface area contributed by atoms with Crippen LogP contribution in [0.1, 0.15) is 106 Å². The molecule has 5 rings (SSSR count). The number of aromatic amines is 1. The van der Waals surface area contributed by atoms with E-state index in [4.69, 9.17) is 4.99 Å². The molecular weight excluding hydrogens is 496 g/mol. The fourth-order valence-corrected chi connectivity index (χ4v) is 5.86. The highest BCUT2D eigenvalue weighted by molar-refractivity contribution is 6.14. The van der Waals surface area contributed by atoms with Crippen LogP contribution in [0.25, 0.3) is 27.1 Å². The number of aliphatic imine (C=N–C) groups is 1. The molecule has 0 saturated heterocycles. The lowest BCUT2D eigenvalue weighted by atomic mass is 9.78. The van der Waals surface area contributed by atoms with E-state index in [9.17, 15) is 0 Å². The number of H-pyrrole nitrogens is 1. The Kier molecular flexibility index (Phi) is 6.80. The summed E-state index contributed by atoms with van der Waals surface area (Å²) in [6, 6.07) is 22.4. The highest BCUT2D eigenvalue weighted by atomic mass is 14.8. The number of aromatic nitrogens is 1. The summed E-state index contributed by atoms with van der Waals surface area (Å²) in [7, 11) is 0. The van der Waals surface area contributed by atoms with E-state index in [-0.39, 0.29) is 21.7 Å². The van der Waals surface area contributed by atoms with Crippen molar-refractivity contribution in [2.45, 2.75) is 93.9 Å². The summed E-state index contributed by atoms with van der Waals surface area (Å²) in [6.45, 7) is 27.6. The van der Waals surface area contributed by atoms with Gasteiger partial charge in [-0.05, 0) is 61.7 Å². The van der Waals surface area contributed by atoms with Crippen LogP contribution < -0.4 is 0 Å². The predicted molar refractivity (Wildman–Crippen MR) is 180 cm³/mol. The van der Waals surface area contributed by atoms with Crippen LogP contribution in [0.15, 0.2) is 83.0 Å². The standard InChI is InChI=1S/C39H48N2/c1-36(2,3)28-22-30(38(7,8)9)40-34(28)33(35-29(37(4,5)6)23-31(41-35)39(10,11)12)32-26-19-15-13-17-24(26)21-25-18-14-16-20-27(25)32/h13-23,40H,1-12H3. The molecule has 0 unspecified atom stereocenters. The maximum atomic E-state index is 5.55. The molecule has 1 aliphatic heterocycles. The average molecular weight is 545 g/mol. The molecule has 1 aromatic heterocycles. The second kappa shape index (κ2) is 9.58. The molecule has 0 bridgehead atoms. The van der Waals surface area contributed by atoms with Gasteiger partial charge in [-0.25, -0.2) is 0 Å². The summed E-state index contributed by atoms with van der Waals surface area (Å²) in [4.78, 5) is 9.56. The third-order valence-corrected chi connectivity index (χ3v) is 8.29. The number of rotatable bonds is 2. The van der Waals surface area contributed by atoms with Gasteiger partial charge < -0.3 is 4.98 Å². The molecular formula is C39H48N2. The largest absolute Gasteiger partial charge is 0.358 e. The quantitative estimate of drug-likeness (QED) is 0.243. The Hall–Kier alpha value is -3.39. The van der Waals surface area contributed by atoms with Gasteiger partial charge in [-0.1, -0.05) is 132 Å². The number of nitrogens with zero attached hydrogens (tertiary/aromatic N) is 1. The maximum absolute atomic E-state index is 5.55. The molecule has 214 valence electrons. The molecule has 0 amide bonds. The number of hydrogen-bond donors (Lipinski definition) is 1. The molecule has 1 N–H and O–H groups in total. The van der Waals surface area contributed by atoms with E-state index in [1.165, 1.54) is 55.2 Å². The van der Waals surface area contributed by atoms with E-state index in [2.05, 4.69) is 155 Å². The maximum Gasteiger partial charge on any atom is 0.0770 e. The Morgan fingerprint density at radius 3 is 1.61 bits per heavy atom. The molecule has 0 fully saturated rings. The first-order valence-electron chi connectivity index (χ1n) is 15.1. The van der Waals surface area contributed by atoms with Crippen molar-refractivity contribution >= 4 is 32.8 Å². The van der Waals surface area contributed by atoms with Gasteiger partial charge in [-0.15, -0.1) is 0 Å². The summed E-state index contributed by atoms with van der Waals surface area (Å²) < 4.78 is 0. The lowest BCUT2D eigenvalue weighted by molar-refractivity contribution is 0.512. The lowest BCUT2D eigenvalue weighted by Gasteiger charge is -2.27. The third-order valence-electron chi connectivity index (χ3n) is 8.29. The van der Waals surface area contributed by atoms with Crippen molar-refractivity contribution in [1.82, 2.24) is 4.98 Å². The normalized spacial score (nSPS) is 16.4. The Morgan fingerprint density at radius 1 is 0.610 bits per heavy atom. The molecule has 2 nitrogen and oxygen atoms in total. The minimum absolute atomic E-state index is 0.0208. The number of hydrogen-bond acceptors (Lipinski definition) is 1. The second-order valence-electron chi connectivity index (χ2n) is 15.9. The van der Waals surface area contributed by atoms with Crippen LogP contribution in [0.2, 0.25) is 0 Å². The Bertz CT molecular complexity index is 1690. The molecule has 0 spiro atoms. The molecule has 0 aliphatic carbocycles. The molecule has 3 aromatic carbocycles. The predicted octanol–water partition coefficient (Wildman–Crippen LogP) is 11.1. The zero-order valence-corrected chi connectivity index (χ0v) is 27.3. The smallest absolute Gasteiger partial charge is 0.0770 e. The van der Waals surface area contributed by atoms with E-state index in [0.29, 0.717) is 0 Å². The Labute approximate surface area is 247 Å². The molecule has 0 atom stereocenters. The van der Waals surface area contributed by atoms with Crippen molar-refractivity contribution < 1.29 is 0 Å². The van der Waals surface area contributed by atoms with Gasteiger partial charge in [-0.2, -0.15) is 0 Å². The summed E-state index contributed by atoms with van der Waals surface area (Å²) in [5.74, 6) is 0. The van der Waals surface area contributed by atoms with Gasteiger partial charge in [0, 0.05) is 33.4 Å². The van der Waals surface area contributed by atoms with Gasteiger partial charge >= 0.3 is 0 Å². The van der Waals surface area contributed by atoms with E-state index >= 15 is 0 Å². The summed E-state index contributed by atoms with van der Waals surface area (Å²) in [5, 5.41) is 5.01. The van der Waals surface area contributed by atoms with Crippen molar-refractivity contribution in [2.75, 3.05) is 0 Å². The highest BCUT2D eigenvalue weighted by Gasteiger charge is 2.36. The molecule has 4 aromatic rings. The molecule has 41 heavy (non-hydrogen) atoms. The Morgan fingerprint density at radius 2 is 1.15 bits per heavy atom. The van der Waals surface area contributed by atoms with Gasteiger partial charge in [0.15, 0.2) is 0 Å². The first kappa shape index (κ1) is 29.1. The van der Waals surface area contributed by atoms with Gasteiger partial charge in [0.25, 0.3) is 0 Å². The minimum Gasteiger partial charge on any atom is -0.358 e. The molecule has 2 heterocycles. The topological polar surface area (TPSA) is 28.1 Å². The van der Waals surface area contributed by atoms with Gasteiger partial charge in [0.2, 0.25) is 0 Å². The van der Waals surface area contributed by atoms with Gasteiger partial charge in [-0.3, -0.25) is 4.99 Å². The second-order valence-corrected chi connectivity index (χ2v) is 15.9. The van der Waals surface area contributed by atoms with E-state index < -0.39 is 0 Å². The SMILES string of the molecule is CC(C)(C)C1=CC(C(C)(C)C)=NC1=C(c1[nH]c(C(C)(C)C)cc1C(C)(C)C)c1c2ccccc2cc2ccccc12. The van der Waals surface area contributed by atoms with E-state index in [0.717, 1.165) is 11.4 Å². The van der Waals surface area contributed by atoms with Crippen LogP contribution in [0.3, 0.4) is 0 Å². The van der Waals surface area contributed by atoms with E-state index in [1.54, 1.807) is 0 Å². The van der Waals surface area contributed by atoms with Crippen LogP contribution in [0.5, 0.6) is 0 Å². The van der Waals surface area contributed by atoms with E-state index in [1.807, 2.05) is 0 Å². The molecule has 1 aliphatic rings. The van der Waals surface area contributed by atoms with Crippen LogP contribution in [0.4, 0.5) is 0 Å². The number of benzene rings is 3. The lowest BCUT2D eigenvalue weighted by Crippen LogP contribution is -2.17. The molecule has 2 heteroatoms. The first-order chi connectivity index (χ1) is 18.9. The average Bonchev–Trinajstić information content (AvgIpc) is 3.50. The van der Waals surface area contributed by atoms with Crippen molar-refractivity contribution in [3.8, 4) is 0 Å². The number of allylic oxidation sites excluding steroid dienone is 2. The zero-order valence-electron chi connectivity index (χ0n) is 27.3. The van der Waals surface area contributed by atoms with Crippen molar-refractivity contribution in [3.05, 3.63) is 101 Å². The monoisotopic (exact) mass is 544 g/mol. The van der Waals surface area contributed by atoms with Crippen LogP contribution in [-0.2, 0) is 10.8 Å². The molecule has 0 radical (unpaired) electrons. The first-order valence-corrected chi connectivity index (χ1v) is 15.1. The number of fused-ring (bicyclic) bond motifs is 2. The van der Waals surface area contributed by atoms with Crippen molar-refractivity contribution in [2.24, 2.45) is 15.8 Å². The van der Waals surface area contributed by atoms with Crippen LogP contribution in [-0.4, -0.2) is 10.7 Å². The number of nitrogens with one attached hydrogen (secondary N) is 1. The van der Waals surface area contributed by atoms with Crippen LogP contribution >= 0.6 is 0 Å². The summed E-state index contributed by atoms with van der Waals surface area (Å²) in [5.41, 5.74) is 9.52. The fourth-order valence-electron chi connectivity index (χ4n) is 5.86. The summed E-state index contributed by atoms with van der Waals surface area (Å²) in [6.07, 6.45) is 2.37. The van der Waals surface area contributed by atoms with Gasteiger partial charge in [0.05, 0.1) is 11.4 Å². The van der Waals surface area contributed by atoms with Crippen LogP contribution in [0, 0.1) is 10.8 Å². The van der Waals surface area contributed by atoms with Crippen molar-refractivity contribution in [1.29, 1.82) is 0 Å². The molecule has 0 saturated carbocycles. The zero-order chi connectivity index (χ0) is 30.1. The third kappa shape index (κ3) is 5.34.